The van der Waals surface area contributed by atoms with Crippen molar-refractivity contribution in [2.45, 2.75) is 92.9 Å². The van der Waals surface area contributed by atoms with Gasteiger partial charge in [-0.15, -0.1) is 0 Å². The number of rotatable bonds is 7. The van der Waals surface area contributed by atoms with Gasteiger partial charge in [0.1, 0.15) is 0 Å². The summed E-state index contributed by atoms with van der Waals surface area (Å²) >= 11 is 0. The molecule has 0 atom stereocenters. The average Bonchev–Trinajstić information content (AvgIpc) is 3.17. The van der Waals surface area contributed by atoms with Gasteiger partial charge in [-0.25, -0.2) is 0 Å². The molecular weight excluding hydrogens is 1210 g/mol. The molecule has 0 aliphatic carbocycles. The van der Waals surface area contributed by atoms with Crippen molar-refractivity contribution in [2.75, 3.05) is 0 Å². The Bertz CT molecular complexity index is 2450. The van der Waals surface area contributed by atoms with Crippen LogP contribution >= 0.6 is 15.8 Å². The first-order valence-electron chi connectivity index (χ1n) is 19.0. The smallest absolute Gasteiger partial charge is 0.166 e. The van der Waals surface area contributed by atoms with Crippen molar-refractivity contribution in [3.63, 3.8) is 0 Å². The zero-order valence-corrected chi connectivity index (χ0v) is 37.2. The number of hydrogen-bond donors (Lipinski definition) is 0. The zero-order chi connectivity index (χ0) is 60.3. The van der Waals surface area contributed by atoms with Gasteiger partial charge in [-0.05, 0) is 67.7 Å². The third-order valence-corrected chi connectivity index (χ3v) is 17.1. The Morgan fingerprint density at radius 1 is 0.234 bits per heavy atom. The number of hydrogen-bond acceptors (Lipinski definition) is 0. The van der Waals surface area contributed by atoms with Crippen molar-refractivity contribution in [2.24, 2.45) is 0 Å². The molecule has 0 fully saturated rings. The van der Waals surface area contributed by atoms with Crippen molar-refractivity contribution >= 4 is 37.1 Å². The second kappa shape index (κ2) is 19.8. The summed E-state index contributed by atoms with van der Waals surface area (Å²) in [6.45, 7) is -0.136. The monoisotopic (exact) mass is 1230 g/mol. The molecular formula is C39H14F36P2. The molecule has 0 nitrogen and oxygen atoms in total. The van der Waals surface area contributed by atoms with Gasteiger partial charge < -0.3 is 0 Å². The summed E-state index contributed by atoms with van der Waals surface area (Å²) < 4.78 is 530. The summed E-state index contributed by atoms with van der Waals surface area (Å²) in [5.41, 5.74) is -48.8. The highest BCUT2D eigenvalue weighted by Gasteiger charge is 2.60. The van der Waals surface area contributed by atoms with Crippen LogP contribution in [0.1, 0.15) is 80.1 Å². The van der Waals surface area contributed by atoms with Gasteiger partial charge in [-0.1, -0.05) is 31.2 Å². The molecule has 4 rings (SSSR count). The predicted molar refractivity (Wildman–Crippen MR) is 192 cm³/mol. The molecule has 0 saturated carbocycles. The quantitative estimate of drug-likeness (QED) is 0.128. The van der Waals surface area contributed by atoms with Crippen molar-refractivity contribution in [1.82, 2.24) is 0 Å². The molecule has 77 heavy (non-hydrogen) atoms. The molecule has 0 radical (unpaired) electrons. The lowest BCUT2D eigenvalue weighted by atomic mass is 9.99. The van der Waals surface area contributed by atoms with Crippen LogP contribution in [0.5, 0.6) is 0 Å². The van der Waals surface area contributed by atoms with E-state index in [2.05, 4.69) is 0 Å². The van der Waals surface area contributed by atoms with Crippen molar-refractivity contribution in [3.05, 3.63) is 115 Å². The highest BCUT2D eigenvalue weighted by Crippen LogP contribution is 2.65. The minimum atomic E-state index is -7.45. The zero-order valence-electron chi connectivity index (χ0n) is 35.4. The molecule has 0 amide bonds. The van der Waals surface area contributed by atoms with E-state index >= 15 is 52.7 Å². The van der Waals surface area contributed by atoms with Gasteiger partial charge in [0.15, 0.2) is 0 Å². The predicted octanol–water partition coefficient (Wildman–Crippen LogP) is 18.2. The van der Waals surface area contributed by atoms with Gasteiger partial charge in [0.05, 0.1) is 66.8 Å². The third kappa shape index (κ3) is 13.1. The molecule has 4 aromatic carbocycles. The van der Waals surface area contributed by atoms with Crippen LogP contribution in [0, 0.1) is 0 Å². The van der Waals surface area contributed by atoms with Crippen molar-refractivity contribution in [3.8, 4) is 0 Å². The van der Waals surface area contributed by atoms with Gasteiger partial charge in [0, 0.05) is 5.40 Å². The molecule has 0 unspecified atom stereocenters. The van der Waals surface area contributed by atoms with Crippen molar-refractivity contribution < 1.29 is 158 Å². The van der Waals surface area contributed by atoms with Crippen molar-refractivity contribution in [1.29, 1.82) is 0 Å². The molecule has 0 aliphatic heterocycles. The Morgan fingerprint density at radius 2 is 0.377 bits per heavy atom. The Balaban J connectivity index is 2.77. The van der Waals surface area contributed by atoms with E-state index in [0.29, 0.717) is 0 Å². The van der Waals surface area contributed by atoms with Crippen LogP contribution in [0.4, 0.5) is 158 Å². The van der Waals surface area contributed by atoms with E-state index in [1.54, 1.807) is 0 Å². The summed E-state index contributed by atoms with van der Waals surface area (Å²) in [5, 5.41) is -17.4. The van der Waals surface area contributed by atoms with Gasteiger partial charge in [0.2, 0.25) is 0 Å². The fraction of sp³-hybridized carbons (Fsp3) is 0.385. The Hall–Kier alpha value is -4.78. The molecule has 0 aliphatic rings. The summed E-state index contributed by atoms with van der Waals surface area (Å²) in [6.07, 6.45) is -89.1. The standard InChI is InChI=1S/C39H14F36P2/c1-2-19(76(15-7-3-11(28(40,41)42)20(32(52,53)54)24(15)36(64,65)66)16-8-4-12(29(43,44)45)21(33(55,56)57)25(16)37(67,68)69)77(17-9-5-13(30(46,47)48)22(34(58,59)60)26(17)38(70,71)72)18-10-6-14(31(49,50)51)23(35(61,62)63)27(18)39(73,74)75/h3-10,19H,2H2,1H3. The third-order valence-electron chi connectivity index (χ3n) is 10.2. The Labute approximate surface area is 403 Å². The largest absolute Gasteiger partial charge is 0.417 e. The molecule has 38 heteroatoms. The van der Waals surface area contributed by atoms with E-state index in [1.807, 2.05) is 0 Å². The highest BCUT2D eigenvalue weighted by molar-refractivity contribution is 7.89. The van der Waals surface area contributed by atoms with Gasteiger partial charge in [-0.3, -0.25) is 0 Å². The summed E-state index contributed by atoms with van der Waals surface area (Å²) in [4.78, 5) is 0. The normalized spacial score (nSPS) is 14.7. The molecule has 0 spiro atoms. The Morgan fingerprint density at radius 3 is 0.481 bits per heavy atom. The molecule has 0 saturated heterocycles. The first kappa shape index (κ1) is 64.7. The molecule has 0 aromatic heterocycles. The molecule has 432 valence electrons. The van der Waals surface area contributed by atoms with E-state index in [1.165, 1.54) is 0 Å². The number of benzene rings is 4. The number of halogens is 36. The average molecular weight is 1230 g/mol. The maximum absolute atomic E-state index is 15.3. The number of alkyl halides is 36. The molecule has 4 aromatic rings. The molecule has 0 bridgehead atoms. The fourth-order valence-corrected chi connectivity index (χ4v) is 15.6. The van der Waals surface area contributed by atoms with E-state index in [0.717, 1.165) is 0 Å². The lowest BCUT2D eigenvalue weighted by Gasteiger charge is -2.40. The van der Waals surface area contributed by atoms with Crippen LogP contribution in [0.15, 0.2) is 48.5 Å². The van der Waals surface area contributed by atoms with Crippen LogP contribution < -0.4 is 21.2 Å². The first-order valence-corrected chi connectivity index (χ1v) is 21.8. The summed E-state index contributed by atoms with van der Waals surface area (Å²) in [6, 6.07) is -10.1. The lowest BCUT2D eigenvalue weighted by molar-refractivity contribution is -0.174. The van der Waals surface area contributed by atoms with Crippen LogP contribution in [0.3, 0.4) is 0 Å². The minimum Gasteiger partial charge on any atom is -0.166 e. The van der Waals surface area contributed by atoms with Crippen LogP contribution in [0.2, 0.25) is 0 Å². The van der Waals surface area contributed by atoms with Gasteiger partial charge in [-0.2, -0.15) is 158 Å². The maximum Gasteiger partial charge on any atom is 0.417 e. The summed E-state index contributed by atoms with van der Waals surface area (Å²) in [5.74, 6) is 0. The van der Waals surface area contributed by atoms with E-state index < -0.39 is 238 Å². The van der Waals surface area contributed by atoms with Gasteiger partial charge >= 0.3 is 74.1 Å². The Kier molecular flexibility index (Phi) is 16.6. The topological polar surface area (TPSA) is 0 Å². The van der Waals surface area contributed by atoms with E-state index in [9.17, 15) is 105 Å². The van der Waals surface area contributed by atoms with Crippen LogP contribution in [-0.2, 0) is 74.1 Å². The minimum absolute atomic E-state index is 0.136. The highest BCUT2D eigenvalue weighted by atomic mass is 31.2. The molecule has 0 N–H and O–H groups in total. The first-order chi connectivity index (χ1) is 33.8. The van der Waals surface area contributed by atoms with Crippen LogP contribution in [-0.4, -0.2) is 5.40 Å². The fourth-order valence-electron chi connectivity index (χ4n) is 7.82. The van der Waals surface area contributed by atoms with Crippen LogP contribution in [0.25, 0.3) is 0 Å². The summed E-state index contributed by atoms with van der Waals surface area (Å²) in [7, 11) is -12.0. The van der Waals surface area contributed by atoms with E-state index in [-0.39, 0.29) is 6.92 Å². The molecule has 0 heterocycles. The van der Waals surface area contributed by atoms with Gasteiger partial charge in [0.25, 0.3) is 0 Å². The second-order valence-electron chi connectivity index (χ2n) is 15.1. The lowest BCUT2D eigenvalue weighted by Crippen LogP contribution is -2.40. The van der Waals surface area contributed by atoms with E-state index in [4.69, 9.17) is 0 Å². The second-order valence-corrected chi connectivity index (χ2v) is 20.2. The maximum atomic E-state index is 15.3. The SMILES string of the molecule is CCC(P(c1ccc(C(F)(F)F)c(C(F)(F)F)c1C(F)(F)F)c1ccc(C(F)(F)F)c(C(F)(F)F)c1C(F)(F)F)P(c1ccc(C(F)(F)F)c(C(F)(F)F)c1C(F)(F)F)c1ccc(C(F)(F)F)c(C(F)(F)F)c1C(F)(F)F.